The standard InChI is InChI=1S/C28H35F3N4O4/c1-17-13-35(18(2)16-36)26(37)22-5-4-6-23(25(22)39-24(17)15-34(3)14-19-7-8-19)33-27(38)32-21-11-9-20(10-12-21)28(29,30)31/h4-6,9-12,17-19,24,36H,7-8,13-16H2,1-3H3,(H2,32,33,38)/t17-,18-,24+/m0/s1. The number of hydrogen-bond donors (Lipinski definition) is 3. The number of carbonyl (C=O) groups is 2. The average Bonchev–Trinajstić information content (AvgIpc) is 3.69. The zero-order valence-corrected chi connectivity index (χ0v) is 22.3. The lowest BCUT2D eigenvalue weighted by atomic mass is 9.99. The minimum absolute atomic E-state index is 0.0771. The Labute approximate surface area is 226 Å². The van der Waals surface area contributed by atoms with Crippen LogP contribution < -0.4 is 15.4 Å². The molecule has 2 aromatic rings. The second-order valence-corrected chi connectivity index (χ2v) is 10.6. The zero-order valence-electron chi connectivity index (χ0n) is 22.3. The van der Waals surface area contributed by atoms with Crippen LogP contribution in [0.1, 0.15) is 42.6 Å². The van der Waals surface area contributed by atoms with Gasteiger partial charge in [0.15, 0.2) is 5.75 Å². The maximum atomic E-state index is 13.6. The first kappa shape index (κ1) is 28.7. The van der Waals surface area contributed by atoms with Crippen molar-refractivity contribution in [3.05, 3.63) is 53.6 Å². The zero-order chi connectivity index (χ0) is 28.3. The number of nitrogens with zero attached hydrogens (tertiary/aromatic N) is 2. The molecule has 4 rings (SSSR count). The minimum atomic E-state index is -4.48. The van der Waals surface area contributed by atoms with Gasteiger partial charge in [-0.25, -0.2) is 4.79 Å². The molecule has 2 aliphatic rings. The van der Waals surface area contributed by atoms with E-state index in [4.69, 9.17) is 4.74 Å². The fourth-order valence-electron chi connectivity index (χ4n) is 4.71. The van der Waals surface area contributed by atoms with Crippen LogP contribution in [0.25, 0.3) is 0 Å². The van der Waals surface area contributed by atoms with Gasteiger partial charge in [0.2, 0.25) is 0 Å². The van der Waals surface area contributed by atoms with Crippen LogP contribution >= 0.6 is 0 Å². The van der Waals surface area contributed by atoms with Crippen LogP contribution in [0.15, 0.2) is 42.5 Å². The number of amides is 3. The Morgan fingerprint density at radius 1 is 1.15 bits per heavy atom. The largest absolute Gasteiger partial charge is 0.486 e. The lowest BCUT2D eigenvalue weighted by molar-refractivity contribution is -0.137. The molecule has 0 aromatic heterocycles. The number of ether oxygens (including phenoxy) is 1. The second kappa shape index (κ2) is 11.8. The van der Waals surface area contributed by atoms with E-state index in [1.54, 1.807) is 30.0 Å². The molecule has 1 aliphatic heterocycles. The van der Waals surface area contributed by atoms with Crippen LogP contribution in [0, 0.1) is 11.8 Å². The molecule has 8 nitrogen and oxygen atoms in total. The van der Waals surface area contributed by atoms with Crippen LogP contribution in [0.3, 0.4) is 0 Å². The van der Waals surface area contributed by atoms with E-state index in [0.717, 1.165) is 18.7 Å². The van der Waals surface area contributed by atoms with E-state index in [9.17, 15) is 27.9 Å². The molecule has 0 unspecified atom stereocenters. The van der Waals surface area contributed by atoms with Crippen molar-refractivity contribution in [1.82, 2.24) is 9.80 Å². The highest BCUT2D eigenvalue weighted by atomic mass is 19.4. The monoisotopic (exact) mass is 548 g/mol. The smallest absolute Gasteiger partial charge is 0.416 e. The van der Waals surface area contributed by atoms with Crippen molar-refractivity contribution in [2.45, 2.75) is 45.0 Å². The van der Waals surface area contributed by atoms with Crippen LogP contribution in [-0.2, 0) is 6.18 Å². The summed E-state index contributed by atoms with van der Waals surface area (Å²) in [4.78, 5) is 30.2. The lowest BCUT2D eigenvalue weighted by Crippen LogP contribution is -2.50. The number of aliphatic hydroxyl groups excluding tert-OH is 1. The molecule has 0 spiro atoms. The summed E-state index contributed by atoms with van der Waals surface area (Å²) in [6.07, 6.45) is -2.36. The highest BCUT2D eigenvalue weighted by Gasteiger charge is 2.35. The van der Waals surface area contributed by atoms with Crippen LogP contribution in [0.2, 0.25) is 0 Å². The predicted octanol–water partition coefficient (Wildman–Crippen LogP) is 4.91. The number of hydrogen-bond acceptors (Lipinski definition) is 5. The van der Waals surface area contributed by atoms with Gasteiger partial charge in [-0.15, -0.1) is 0 Å². The summed E-state index contributed by atoms with van der Waals surface area (Å²) in [6.45, 7) is 5.53. The number of nitrogens with one attached hydrogen (secondary N) is 2. The van der Waals surface area contributed by atoms with E-state index >= 15 is 0 Å². The second-order valence-electron chi connectivity index (χ2n) is 10.6. The number of urea groups is 1. The fourth-order valence-corrected chi connectivity index (χ4v) is 4.71. The molecule has 39 heavy (non-hydrogen) atoms. The van der Waals surface area contributed by atoms with E-state index < -0.39 is 23.8 Å². The molecule has 11 heteroatoms. The molecular formula is C28H35F3N4O4. The molecule has 0 saturated heterocycles. The average molecular weight is 549 g/mol. The third-order valence-corrected chi connectivity index (χ3v) is 7.17. The Hall–Kier alpha value is -3.31. The summed E-state index contributed by atoms with van der Waals surface area (Å²) in [5.74, 6) is 0.503. The molecule has 1 saturated carbocycles. The predicted molar refractivity (Wildman–Crippen MR) is 142 cm³/mol. The SMILES string of the molecule is C[C@H]1CN([C@@H](C)CO)C(=O)c2cccc(NC(=O)Nc3ccc(C(F)(F)F)cc3)c2O[C@@H]1CN(C)CC1CC1. The minimum Gasteiger partial charge on any atom is -0.486 e. The van der Waals surface area contributed by atoms with Gasteiger partial charge in [0.05, 0.1) is 29.5 Å². The maximum Gasteiger partial charge on any atom is 0.416 e. The van der Waals surface area contributed by atoms with Gasteiger partial charge < -0.3 is 30.3 Å². The highest BCUT2D eigenvalue weighted by molar-refractivity contribution is 6.04. The Morgan fingerprint density at radius 3 is 2.46 bits per heavy atom. The molecule has 0 bridgehead atoms. The van der Waals surface area contributed by atoms with Gasteiger partial charge in [-0.1, -0.05) is 13.0 Å². The topological polar surface area (TPSA) is 94.1 Å². The van der Waals surface area contributed by atoms with Crippen LogP contribution in [-0.4, -0.2) is 72.3 Å². The summed E-state index contributed by atoms with van der Waals surface area (Å²) in [5.41, 5.74) is -0.138. The molecule has 212 valence electrons. The van der Waals surface area contributed by atoms with Gasteiger partial charge >= 0.3 is 12.2 Å². The number of rotatable bonds is 8. The van der Waals surface area contributed by atoms with Crippen LogP contribution in [0.4, 0.5) is 29.3 Å². The van der Waals surface area contributed by atoms with E-state index in [-0.39, 0.29) is 47.2 Å². The molecular weight excluding hydrogens is 513 g/mol. The summed E-state index contributed by atoms with van der Waals surface area (Å²) in [7, 11) is 2.04. The van der Waals surface area contributed by atoms with Gasteiger partial charge in [-0.3, -0.25) is 4.79 Å². The molecule has 1 fully saturated rings. The normalized spacial score (nSPS) is 20.5. The summed E-state index contributed by atoms with van der Waals surface area (Å²) >= 11 is 0. The van der Waals surface area contributed by atoms with Crippen molar-refractivity contribution < 1.29 is 32.6 Å². The number of anilines is 2. The van der Waals surface area contributed by atoms with Crippen molar-refractivity contribution in [3.63, 3.8) is 0 Å². The Kier molecular flexibility index (Phi) is 8.70. The summed E-state index contributed by atoms with van der Waals surface area (Å²) < 4.78 is 45.1. The lowest BCUT2D eigenvalue weighted by Gasteiger charge is -2.38. The third kappa shape index (κ3) is 7.21. The molecule has 3 N–H and O–H groups in total. The van der Waals surface area contributed by atoms with Gasteiger partial charge in [0, 0.05) is 31.2 Å². The van der Waals surface area contributed by atoms with Crippen molar-refractivity contribution in [2.24, 2.45) is 11.8 Å². The van der Waals surface area contributed by atoms with Gasteiger partial charge in [0.25, 0.3) is 5.91 Å². The molecule has 3 amide bonds. The summed E-state index contributed by atoms with van der Waals surface area (Å²) in [5, 5.41) is 15.0. The van der Waals surface area contributed by atoms with E-state index in [0.29, 0.717) is 19.0 Å². The molecule has 2 aromatic carbocycles. The Morgan fingerprint density at radius 2 is 1.85 bits per heavy atom. The van der Waals surface area contributed by atoms with Gasteiger partial charge in [-0.05, 0) is 69.1 Å². The third-order valence-electron chi connectivity index (χ3n) is 7.17. The number of carbonyl (C=O) groups excluding carboxylic acids is 2. The number of benzene rings is 2. The quantitative estimate of drug-likeness (QED) is 0.436. The first-order valence-corrected chi connectivity index (χ1v) is 13.1. The first-order valence-electron chi connectivity index (χ1n) is 13.1. The molecule has 1 heterocycles. The number of aliphatic hydroxyl groups is 1. The Balaban J connectivity index is 1.59. The molecule has 0 radical (unpaired) electrons. The summed E-state index contributed by atoms with van der Waals surface area (Å²) in [6, 6.07) is 7.83. The van der Waals surface area contributed by atoms with Crippen molar-refractivity contribution in [2.75, 3.05) is 43.9 Å². The van der Waals surface area contributed by atoms with E-state index in [1.807, 2.05) is 14.0 Å². The molecule has 3 atom stereocenters. The van der Waals surface area contributed by atoms with Crippen LogP contribution in [0.5, 0.6) is 5.75 Å². The van der Waals surface area contributed by atoms with Gasteiger partial charge in [-0.2, -0.15) is 13.2 Å². The van der Waals surface area contributed by atoms with Crippen molar-refractivity contribution in [3.8, 4) is 5.75 Å². The first-order chi connectivity index (χ1) is 18.5. The van der Waals surface area contributed by atoms with Gasteiger partial charge in [0.1, 0.15) is 6.10 Å². The van der Waals surface area contributed by atoms with Crippen molar-refractivity contribution >= 4 is 23.3 Å². The van der Waals surface area contributed by atoms with Crippen molar-refractivity contribution in [1.29, 1.82) is 0 Å². The number of fused-ring (bicyclic) bond motifs is 1. The van der Waals surface area contributed by atoms with E-state index in [1.165, 1.54) is 25.0 Å². The molecule has 1 aliphatic carbocycles. The Bertz CT molecular complexity index is 1170. The van der Waals surface area contributed by atoms with E-state index in [2.05, 4.69) is 15.5 Å². The number of likely N-dealkylation sites (N-methyl/N-ethyl adjacent to an activating group) is 1. The number of alkyl halides is 3. The maximum absolute atomic E-state index is 13.6. The number of halogens is 3. The fraction of sp³-hybridized carbons (Fsp3) is 0.500. The number of para-hydroxylation sites is 1. The highest BCUT2D eigenvalue weighted by Crippen LogP contribution is 2.36.